The van der Waals surface area contributed by atoms with E-state index < -0.39 is 0 Å². The molecule has 4 aromatic rings. The molecule has 2 aliphatic heterocycles. The first-order valence-corrected chi connectivity index (χ1v) is 13.6. The minimum absolute atomic E-state index is 0.00884. The van der Waals surface area contributed by atoms with Crippen molar-refractivity contribution in [3.8, 4) is 17.0 Å². The number of carbonyl (C=O) groups is 1. The SMILES string of the molecule is CNC1CCN(C(=O)c2ccccc2Nc2ncc3c(n2)-c2ccc(Cl)cc2C(c2ccccc2OC)=NC3)C1. The maximum Gasteiger partial charge on any atom is 0.256 e. The number of aromatic nitrogens is 2. The van der Waals surface area contributed by atoms with E-state index in [0.717, 1.165) is 52.4 Å². The Labute approximate surface area is 238 Å². The summed E-state index contributed by atoms with van der Waals surface area (Å²) in [5, 5.41) is 7.18. The van der Waals surface area contributed by atoms with Gasteiger partial charge in [-0.3, -0.25) is 9.79 Å². The number of aliphatic imine (C=N–C) groups is 1. The monoisotopic (exact) mass is 552 g/mol. The summed E-state index contributed by atoms with van der Waals surface area (Å²) in [6.07, 6.45) is 2.73. The molecule has 1 fully saturated rings. The number of ether oxygens (including phenoxy) is 1. The van der Waals surface area contributed by atoms with Gasteiger partial charge in [-0.2, -0.15) is 0 Å². The zero-order valence-corrected chi connectivity index (χ0v) is 23.1. The summed E-state index contributed by atoms with van der Waals surface area (Å²) in [7, 11) is 3.58. The molecule has 1 amide bonds. The van der Waals surface area contributed by atoms with Crippen molar-refractivity contribution in [2.75, 3.05) is 32.6 Å². The van der Waals surface area contributed by atoms with Crippen molar-refractivity contribution in [3.05, 3.63) is 100 Å². The van der Waals surface area contributed by atoms with E-state index in [2.05, 4.69) is 15.6 Å². The fourth-order valence-corrected chi connectivity index (χ4v) is 5.48. The van der Waals surface area contributed by atoms with Crippen molar-refractivity contribution < 1.29 is 9.53 Å². The van der Waals surface area contributed by atoms with E-state index in [-0.39, 0.29) is 5.91 Å². The Morgan fingerprint density at radius 3 is 2.70 bits per heavy atom. The number of para-hydroxylation sites is 2. The molecule has 1 unspecified atom stereocenters. The highest BCUT2D eigenvalue weighted by Gasteiger charge is 2.28. The van der Waals surface area contributed by atoms with Gasteiger partial charge < -0.3 is 20.3 Å². The van der Waals surface area contributed by atoms with Gasteiger partial charge in [-0.1, -0.05) is 41.9 Å². The van der Waals surface area contributed by atoms with Gasteiger partial charge in [-0.05, 0) is 49.9 Å². The molecule has 1 saturated heterocycles. The minimum atomic E-state index is -0.00884. The fraction of sp³-hybridized carbons (Fsp3) is 0.226. The molecule has 0 aliphatic carbocycles. The van der Waals surface area contributed by atoms with E-state index in [4.69, 9.17) is 26.3 Å². The third kappa shape index (κ3) is 4.92. The van der Waals surface area contributed by atoms with Crippen LogP contribution in [0, 0.1) is 0 Å². The number of benzene rings is 3. The van der Waals surface area contributed by atoms with Crippen LogP contribution in [0.2, 0.25) is 5.02 Å². The van der Waals surface area contributed by atoms with E-state index in [1.807, 2.05) is 78.7 Å². The van der Waals surface area contributed by atoms with Crippen molar-refractivity contribution in [2.24, 2.45) is 4.99 Å². The molecule has 40 heavy (non-hydrogen) atoms. The van der Waals surface area contributed by atoms with Gasteiger partial charge in [0, 0.05) is 52.6 Å². The highest BCUT2D eigenvalue weighted by atomic mass is 35.5. The average molecular weight is 553 g/mol. The van der Waals surface area contributed by atoms with Gasteiger partial charge in [0.2, 0.25) is 5.95 Å². The van der Waals surface area contributed by atoms with Crippen LogP contribution in [0.15, 0.2) is 77.9 Å². The summed E-state index contributed by atoms with van der Waals surface area (Å²) in [6, 6.07) is 21.3. The van der Waals surface area contributed by atoms with Crippen LogP contribution in [-0.2, 0) is 6.54 Å². The molecule has 2 aliphatic rings. The van der Waals surface area contributed by atoms with Gasteiger partial charge in [-0.15, -0.1) is 0 Å². The van der Waals surface area contributed by atoms with Gasteiger partial charge in [-0.25, -0.2) is 9.97 Å². The lowest BCUT2D eigenvalue weighted by Gasteiger charge is -2.19. The number of methoxy groups -OCH3 is 1. The van der Waals surface area contributed by atoms with Crippen molar-refractivity contribution in [1.82, 2.24) is 20.2 Å². The molecule has 6 rings (SSSR count). The van der Waals surface area contributed by atoms with E-state index in [1.54, 1.807) is 13.3 Å². The normalized spacial score (nSPS) is 16.0. The average Bonchev–Trinajstić information content (AvgIpc) is 3.42. The van der Waals surface area contributed by atoms with Crippen LogP contribution >= 0.6 is 11.6 Å². The van der Waals surface area contributed by atoms with Crippen molar-refractivity contribution in [2.45, 2.75) is 19.0 Å². The van der Waals surface area contributed by atoms with Gasteiger partial charge >= 0.3 is 0 Å². The summed E-state index contributed by atoms with van der Waals surface area (Å²) >= 11 is 6.47. The molecule has 0 spiro atoms. The lowest BCUT2D eigenvalue weighted by atomic mass is 9.95. The van der Waals surface area contributed by atoms with E-state index >= 15 is 0 Å². The van der Waals surface area contributed by atoms with Gasteiger partial charge in [0.05, 0.1) is 36.3 Å². The van der Waals surface area contributed by atoms with E-state index in [0.29, 0.717) is 41.4 Å². The maximum absolute atomic E-state index is 13.4. The smallest absolute Gasteiger partial charge is 0.256 e. The number of halogens is 1. The van der Waals surface area contributed by atoms with E-state index in [1.165, 1.54) is 0 Å². The molecule has 8 nitrogen and oxygen atoms in total. The lowest BCUT2D eigenvalue weighted by molar-refractivity contribution is 0.0790. The number of rotatable bonds is 6. The second-order valence-corrected chi connectivity index (χ2v) is 10.3. The number of amides is 1. The van der Waals surface area contributed by atoms with Crippen molar-refractivity contribution in [1.29, 1.82) is 0 Å². The third-order valence-electron chi connectivity index (χ3n) is 7.41. The van der Waals surface area contributed by atoms with Crippen LogP contribution < -0.4 is 15.4 Å². The predicted molar refractivity (Wildman–Crippen MR) is 158 cm³/mol. The molecular formula is C31H29ClN6O2. The number of hydrogen-bond acceptors (Lipinski definition) is 7. The number of nitrogens with one attached hydrogen (secondary N) is 2. The Kier molecular flexibility index (Phi) is 7.19. The number of fused-ring (bicyclic) bond motifs is 3. The number of anilines is 2. The number of likely N-dealkylation sites (N-methyl/N-ethyl adjacent to an activating group) is 1. The van der Waals surface area contributed by atoms with Crippen LogP contribution in [0.3, 0.4) is 0 Å². The van der Waals surface area contributed by atoms with Crippen LogP contribution in [0.1, 0.15) is 33.5 Å². The van der Waals surface area contributed by atoms with Gasteiger partial charge in [0.15, 0.2) is 0 Å². The molecule has 2 N–H and O–H groups in total. The Balaban J connectivity index is 1.37. The van der Waals surface area contributed by atoms with Crippen molar-refractivity contribution in [3.63, 3.8) is 0 Å². The molecule has 0 radical (unpaired) electrons. The Bertz CT molecular complexity index is 1620. The van der Waals surface area contributed by atoms with Crippen LogP contribution in [0.4, 0.5) is 11.6 Å². The zero-order chi connectivity index (χ0) is 27.6. The topological polar surface area (TPSA) is 91.7 Å². The summed E-state index contributed by atoms with van der Waals surface area (Å²) < 4.78 is 5.64. The van der Waals surface area contributed by atoms with Gasteiger partial charge in [0.1, 0.15) is 5.75 Å². The molecule has 0 saturated carbocycles. The number of hydrogen-bond donors (Lipinski definition) is 2. The first-order chi connectivity index (χ1) is 19.6. The zero-order valence-electron chi connectivity index (χ0n) is 22.3. The summed E-state index contributed by atoms with van der Waals surface area (Å²) in [6.45, 7) is 1.81. The molecule has 3 heterocycles. The minimum Gasteiger partial charge on any atom is -0.496 e. The molecule has 202 valence electrons. The van der Waals surface area contributed by atoms with Crippen LogP contribution in [0.5, 0.6) is 5.75 Å². The fourth-order valence-electron chi connectivity index (χ4n) is 5.30. The molecule has 9 heteroatoms. The van der Waals surface area contributed by atoms with Gasteiger partial charge in [0.25, 0.3) is 5.91 Å². The summed E-state index contributed by atoms with van der Waals surface area (Å²) in [4.78, 5) is 29.8. The second-order valence-electron chi connectivity index (χ2n) is 9.82. The van der Waals surface area contributed by atoms with Crippen LogP contribution in [0.25, 0.3) is 11.3 Å². The lowest BCUT2D eigenvalue weighted by Crippen LogP contribution is -2.33. The quantitative estimate of drug-likeness (QED) is 0.336. The molecule has 1 atom stereocenters. The highest BCUT2D eigenvalue weighted by Crippen LogP contribution is 2.35. The third-order valence-corrected chi connectivity index (χ3v) is 7.65. The summed E-state index contributed by atoms with van der Waals surface area (Å²) in [5.74, 6) is 1.12. The Hall–Kier alpha value is -4.27. The number of likely N-dealkylation sites (tertiary alicyclic amines) is 1. The first-order valence-electron chi connectivity index (χ1n) is 13.2. The highest BCUT2D eigenvalue weighted by molar-refractivity contribution is 6.31. The summed E-state index contributed by atoms with van der Waals surface area (Å²) in [5.41, 5.74) is 6.32. The number of nitrogens with zero attached hydrogens (tertiary/aromatic N) is 4. The second kappa shape index (κ2) is 11.1. The maximum atomic E-state index is 13.4. The van der Waals surface area contributed by atoms with E-state index in [9.17, 15) is 4.79 Å². The Morgan fingerprint density at radius 1 is 1.05 bits per heavy atom. The largest absolute Gasteiger partial charge is 0.496 e. The molecular weight excluding hydrogens is 524 g/mol. The standard InChI is InChI=1S/C31H29ClN6O2/c1-33-21-13-14-38(18-21)30(39)23-7-3-5-9-26(23)36-31-35-17-19-16-34-29(24-8-4-6-10-27(24)40-2)25-15-20(32)11-12-22(25)28(19)37-31/h3-12,15,17,21,33H,13-14,16,18H2,1-2H3,(H,35,36,37). The van der Waals surface area contributed by atoms with Crippen LogP contribution in [-0.4, -0.2) is 59.8 Å². The Morgan fingerprint density at radius 2 is 1.88 bits per heavy atom. The molecule has 0 bridgehead atoms. The predicted octanol–water partition coefficient (Wildman–Crippen LogP) is 5.33. The molecule has 1 aromatic heterocycles. The number of carbonyl (C=O) groups excluding carboxylic acids is 1. The van der Waals surface area contributed by atoms with Crippen molar-refractivity contribution >= 4 is 34.9 Å². The molecule has 3 aromatic carbocycles. The first kappa shape index (κ1) is 26.0.